The monoisotopic (exact) mass is 495 g/mol. The first-order valence-electron chi connectivity index (χ1n) is 12.8. The van der Waals surface area contributed by atoms with E-state index in [1.807, 2.05) is 17.9 Å². The van der Waals surface area contributed by atoms with E-state index in [0.717, 1.165) is 49.2 Å². The Balaban J connectivity index is 1.41. The van der Waals surface area contributed by atoms with Crippen LogP contribution in [0.15, 0.2) is 42.6 Å². The van der Waals surface area contributed by atoms with Crippen molar-refractivity contribution in [1.29, 1.82) is 0 Å². The molecule has 5 nitrogen and oxygen atoms in total. The molecule has 0 saturated heterocycles. The Morgan fingerprint density at radius 2 is 2.03 bits per heavy atom. The molecule has 3 aromatic rings. The number of amides is 1. The van der Waals surface area contributed by atoms with Crippen molar-refractivity contribution in [3.8, 4) is 5.75 Å². The minimum Gasteiger partial charge on any atom is -0.492 e. The van der Waals surface area contributed by atoms with Crippen LogP contribution >= 0.6 is 11.6 Å². The number of nitrogens with one attached hydrogen (secondary N) is 1. The summed E-state index contributed by atoms with van der Waals surface area (Å²) in [6, 6.07) is 12.7. The van der Waals surface area contributed by atoms with Crippen molar-refractivity contribution in [3.63, 3.8) is 0 Å². The van der Waals surface area contributed by atoms with Crippen molar-refractivity contribution in [3.05, 3.63) is 64.3 Å². The van der Waals surface area contributed by atoms with Crippen LogP contribution in [-0.4, -0.2) is 35.1 Å². The van der Waals surface area contributed by atoms with Crippen LogP contribution in [0.1, 0.15) is 50.3 Å². The van der Waals surface area contributed by atoms with E-state index in [1.54, 1.807) is 0 Å². The quantitative estimate of drug-likeness (QED) is 0.398. The van der Waals surface area contributed by atoms with E-state index in [4.69, 9.17) is 16.3 Å². The van der Waals surface area contributed by atoms with Gasteiger partial charge in [-0.1, -0.05) is 50.6 Å². The third-order valence-electron chi connectivity index (χ3n) is 6.74. The highest BCUT2D eigenvalue weighted by molar-refractivity contribution is 6.32. The summed E-state index contributed by atoms with van der Waals surface area (Å²) in [6.07, 6.45) is 5.20. The number of nitrogens with zero attached hydrogens (tertiary/aromatic N) is 2. The van der Waals surface area contributed by atoms with Gasteiger partial charge in [0.05, 0.1) is 11.6 Å². The number of aryl methyl sites for hydroxylation is 2. The Hall–Kier alpha value is -2.50. The summed E-state index contributed by atoms with van der Waals surface area (Å²) in [5.41, 5.74) is 4.71. The zero-order valence-corrected chi connectivity index (χ0v) is 22.2. The molecule has 1 unspecified atom stereocenters. The molecule has 1 amide bonds. The molecule has 0 aliphatic carbocycles. The van der Waals surface area contributed by atoms with E-state index in [2.05, 4.69) is 67.3 Å². The minimum absolute atomic E-state index is 0.122. The fourth-order valence-corrected chi connectivity index (χ4v) is 5.30. The summed E-state index contributed by atoms with van der Waals surface area (Å²) in [6.45, 7) is 9.70. The number of rotatable bonds is 9. The number of fused-ring (bicyclic) bond motifs is 2. The summed E-state index contributed by atoms with van der Waals surface area (Å²) in [4.78, 5) is 15.5. The highest BCUT2D eigenvalue weighted by Gasteiger charge is 2.23. The SMILES string of the molecule is CC(C)CN(Cc1cc(Cl)c2c(c1)CCCCO2)C(=O)C(C)CNCc1cccc2c1ccn2C. The van der Waals surface area contributed by atoms with E-state index in [0.29, 0.717) is 30.6 Å². The van der Waals surface area contributed by atoms with E-state index in [1.165, 1.54) is 16.5 Å². The minimum atomic E-state index is -0.122. The number of aromatic nitrogens is 1. The molecule has 2 heterocycles. The topological polar surface area (TPSA) is 46.5 Å². The van der Waals surface area contributed by atoms with Gasteiger partial charge in [-0.25, -0.2) is 0 Å². The van der Waals surface area contributed by atoms with E-state index in [-0.39, 0.29) is 11.8 Å². The molecule has 0 fully saturated rings. The Morgan fingerprint density at radius 3 is 2.83 bits per heavy atom. The number of halogens is 1. The fraction of sp³-hybridized carbons (Fsp3) is 0.483. The molecule has 1 N–H and O–H groups in total. The zero-order valence-electron chi connectivity index (χ0n) is 21.4. The van der Waals surface area contributed by atoms with Gasteiger partial charge in [0.15, 0.2) is 0 Å². The second kappa shape index (κ2) is 11.5. The Morgan fingerprint density at radius 1 is 1.20 bits per heavy atom. The number of hydrogen-bond donors (Lipinski definition) is 1. The zero-order chi connectivity index (χ0) is 24.9. The molecule has 1 aromatic heterocycles. The molecule has 6 heteroatoms. The average Bonchev–Trinajstić information content (AvgIpc) is 3.04. The van der Waals surface area contributed by atoms with Crippen LogP contribution < -0.4 is 10.1 Å². The Bertz CT molecular complexity index is 1170. The van der Waals surface area contributed by atoms with Crippen LogP contribution in [0.5, 0.6) is 5.75 Å². The lowest BCUT2D eigenvalue weighted by molar-refractivity contribution is -0.136. The van der Waals surface area contributed by atoms with Crippen LogP contribution in [0, 0.1) is 11.8 Å². The fourth-order valence-electron chi connectivity index (χ4n) is 4.98. The summed E-state index contributed by atoms with van der Waals surface area (Å²) in [5, 5.41) is 5.43. The van der Waals surface area contributed by atoms with E-state index < -0.39 is 0 Å². The van der Waals surface area contributed by atoms with Gasteiger partial charge in [0, 0.05) is 56.2 Å². The number of carbonyl (C=O) groups excluding carboxylic acids is 1. The summed E-state index contributed by atoms with van der Waals surface area (Å²) < 4.78 is 8.01. The summed E-state index contributed by atoms with van der Waals surface area (Å²) in [7, 11) is 2.06. The molecule has 4 rings (SSSR count). The number of hydrogen-bond acceptors (Lipinski definition) is 3. The van der Waals surface area contributed by atoms with Crippen LogP contribution in [-0.2, 0) is 31.4 Å². The maximum Gasteiger partial charge on any atom is 0.226 e. The molecule has 0 spiro atoms. The molecule has 1 aliphatic heterocycles. The maximum absolute atomic E-state index is 13.5. The van der Waals surface area contributed by atoms with Crippen LogP contribution in [0.2, 0.25) is 5.02 Å². The van der Waals surface area contributed by atoms with Crippen LogP contribution in [0.3, 0.4) is 0 Å². The summed E-state index contributed by atoms with van der Waals surface area (Å²) in [5.74, 6) is 1.25. The Labute approximate surface area is 214 Å². The van der Waals surface area contributed by atoms with E-state index in [9.17, 15) is 4.79 Å². The highest BCUT2D eigenvalue weighted by atomic mass is 35.5. The summed E-state index contributed by atoms with van der Waals surface area (Å²) >= 11 is 6.58. The molecular formula is C29H38ClN3O2. The van der Waals surface area contributed by atoms with Crippen molar-refractivity contribution < 1.29 is 9.53 Å². The van der Waals surface area contributed by atoms with Gasteiger partial charge in [0.2, 0.25) is 5.91 Å². The third-order valence-corrected chi connectivity index (χ3v) is 7.02. The number of ether oxygens (including phenoxy) is 1. The van der Waals surface area contributed by atoms with Crippen LogP contribution in [0.25, 0.3) is 10.9 Å². The van der Waals surface area contributed by atoms with E-state index >= 15 is 0 Å². The smallest absolute Gasteiger partial charge is 0.226 e. The largest absolute Gasteiger partial charge is 0.492 e. The second-order valence-corrected chi connectivity index (χ2v) is 10.7. The lowest BCUT2D eigenvalue weighted by Crippen LogP contribution is -2.40. The molecular weight excluding hydrogens is 458 g/mol. The molecule has 0 radical (unpaired) electrons. The molecule has 188 valence electrons. The molecule has 0 bridgehead atoms. The van der Waals surface area contributed by atoms with Gasteiger partial charge in [-0.05, 0) is 60.1 Å². The normalized spacial score (nSPS) is 14.5. The van der Waals surface area contributed by atoms with Crippen molar-refractivity contribution in [2.45, 2.75) is 53.1 Å². The molecule has 1 atom stereocenters. The van der Waals surface area contributed by atoms with Gasteiger partial charge in [-0.2, -0.15) is 0 Å². The third kappa shape index (κ3) is 6.20. The lowest BCUT2D eigenvalue weighted by atomic mass is 10.0. The van der Waals surface area contributed by atoms with Gasteiger partial charge in [-0.3, -0.25) is 4.79 Å². The molecule has 0 saturated carbocycles. The maximum atomic E-state index is 13.5. The van der Waals surface area contributed by atoms with Crippen molar-refractivity contribution in [1.82, 2.24) is 14.8 Å². The van der Waals surface area contributed by atoms with Crippen molar-refractivity contribution in [2.75, 3.05) is 19.7 Å². The van der Waals surface area contributed by atoms with Crippen LogP contribution in [0.4, 0.5) is 0 Å². The molecule has 1 aliphatic rings. The first kappa shape index (κ1) is 25.6. The second-order valence-electron chi connectivity index (χ2n) is 10.3. The van der Waals surface area contributed by atoms with Gasteiger partial charge in [0.25, 0.3) is 0 Å². The highest BCUT2D eigenvalue weighted by Crippen LogP contribution is 2.34. The predicted molar refractivity (Wildman–Crippen MR) is 144 cm³/mol. The number of carbonyl (C=O) groups is 1. The lowest BCUT2D eigenvalue weighted by Gasteiger charge is -2.28. The van der Waals surface area contributed by atoms with Crippen molar-refractivity contribution >= 4 is 28.4 Å². The first-order valence-corrected chi connectivity index (χ1v) is 13.2. The van der Waals surface area contributed by atoms with Crippen molar-refractivity contribution in [2.24, 2.45) is 18.9 Å². The predicted octanol–water partition coefficient (Wildman–Crippen LogP) is 5.96. The first-order chi connectivity index (χ1) is 16.8. The molecule has 35 heavy (non-hydrogen) atoms. The number of benzene rings is 2. The van der Waals surface area contributed by atoms with Gasteiger partial charge in [-0.15, -0.1) is 0 Å². The standard InChI is InChI=1S/C29H38ClN3O2/c1-20(2)18-33(19-22-14-23-8-5-6-13-35-28(23)26(30)15-22)29(34)21(3)16-31-17-24-9-7-10-27-25(24)11-12-32(27)4/h7,9-12,14-15,20-21,31H,5-6,8,13,16-19H2,1-4H3. The molecule has 2 aromatic carbocycles. The average molecular weight is 496 g/mol. The van der Waals surface area contributed by atoms with Gasteiger partial charge >= 0.3 is 0 Å². The Kier molecular flexibility index (Phi) is 8.40. The van der Waals surface area contributed by atoms with Gasteiger partial charge < -0.3 is 19.5 Å². The van der Waals surface area contributed by atoms with Gasteiger partial charge in [0.1, 0.15) is 5.75 Å².